The highest BCUT2D eigenvalue weighted by Gasteiger charge is 2.18. The van der Waals surface area contributed by atoms with Crippen LogP contribution in [-0.2, 0) is 11.2 Å². The maximum Gasteiger partial charge on any atom is 0.305 e. The lowest BCUT2D eigenvalue weighted by Gasteiger charge is -2.18. The van der Waals surface area contributed by atoms with Gasteiger partial charge in [0.25, 0.3) is 5.91 Å². The minimum Gasteiger partial charge on any atom is -0.481 e. The van der Waals surface area contributed by atoms with Gasteiger partial charge >= 0.3 is 5.97 Å². The second-order valence-corrected chi connectivity index (χ2v) is 5.15. The van der Waals surface area contributed by atoms with Crippen LogP contribution in [0.25, 0.3) is 0 Å². The maximum absolute atomic E-state index is 12.0. The van der Waals surface area contributed by atoms with Gasteiger partial charge in [-0.2, -0.15) is 0 Å². The summed E-state index contributed by atoms with van der Waals surface area (Å²) in [5.74, 6) is -0.808. The predicted molar refractivity (Wildman–Crippen MR) is 73.1 cm³/mol. The maximum atomic E-state index is 12.0. The molecule has 0 aliphatic heterocycles. The van der Waals surface area contributed by atoms with Crippen LogP contribution in [0.1, 0.15) is 49.8 Å². The molecule has 1 heterocycles. The number of hydrogen-bond acceptors (Lipinski definition) is 2. The van der Waals surface area contributed by atoms with E-state index in [1.807, 2.05) is 26.8 Å². The van der Waals surface area contributed by atoms with Crippen LogP contribution < -0.4 is 5.32 Å². The highest BCUT2D eigenvalue weighted by atomic mass is 16.4. The van der Waals surface area contributed by atoms with Gasteiger partial charge in [-0.25, -0.2) is 0 Å². The first-order valence-electron chi connectivity index (χ1n) is 6.62. The Kier molecular flexibility index (Phi) is 5.60. The molecule has 1 aromatic heterocycles. The molecular formula is C14H22N2O3. The summed E-state index contributed by atoms with van der Waals surface area (Å²) in [6.45, 7) is 6.01. The third-order valence-electron chi connectivity index (χ3n) is 2.88. The van der Waals surface area contributed by atoms with E-state index < -0.39 is 5.97 Å². The molecule has 0 saturated heterocycles. The summed E-state index contributed by atoms with van der Waals surface area (Å²) in [4.78, 5) is 25.8. The quantitative estimate of drug-likeness (QED) is 0.707. The molecule has 0 spiro atoms. The monoisotopic (exact) mass is 266 g/mol. The van der Waals surface area contributed by atoms with Crippen molar-refractivity contribution in [3.8, 4) is 0 Å². The minimum absolute atomic E-state index is 0.0503. The number of rotatable bonds is 7. The molecule has 0 saturated carbocycles. The number of aliphatic carboxylic acids is 1. The van der Waals surface area contributed by atoms with Crippen LogP contribution >= 0.6 is 0 Å². The molecule has 0 aliphatic rings. The number of hydrogen-bond donors (Lipinski definition) is 3. The van der Waals surface area contributed by atoms with Gasteiger partial charge < -0.3 is 15.4 Å². The van der Waals surface area contributed by atoms with E-state index in [-0.39, 0.29) is 18.4 Å². The van der Waals surface area contributed by atoms with Crippen molar-refractivity contribution in [2.24, 2.45) is 5.92 Å². The zero-order valence-electron chi connectivity index (χ0n) is 11.7. The molecular weight excluding hydrogens is 244 g/mol. The van der Waals surface area contributed by atoms with Gasteiger partial charge in [0, 0.05) is 11.7 Å². The number of carbonyl (C=O) groups is 2. The molecule has 106 valence electrons. The molecule has 1 amide bonds. The molecule has 0 aliphatic carbocycles. The van der Waals surface area contributed by atoms with E-state index in [0.717, 1.165) is 12.1 Å². The van der Waals surface area contributed by atoms with E-state index in [1.165, 1.54) is 0 Å². The molecule has 0 radical (unpaired) electrons. The summed E-state index contributed by atoms with van der Waals surface area (Å²) >= 11 is 0. The Morgan fingerprint density at radius 2 is 2.05 bits per heavy atom. The Morgan fingerprint density at radius 1 is 1.37 bits per heavy atom. The summed E-state index contributed by atoms with van der Waals surface area (Å²) < 4.78 is 0. The van der Waals surface area contributed by atoms with Crippen molar-refractivity contribution < 1.29 is 14.7 Å². The number of aromatic amines is 1. The zero-order valence-corrected chi connectivity index (χ0v) is 11.7. The fourth-order valence-electron chi connectivity index (χ4n) is 2.02. The second kappa shape index (κ2) is 6.97. The van der Waals surface area contributed by atoms with E-state index in [9.17, 15) is 9.59 Å². The fourth-order valence-corrected chi connectivity index (χ4v) is 2.02. The zero-order chi connectivity index (χ0) is 14.4. The second-order valence-electron chi connectivity index (χ2n) is 5.15. The molecule has 5 heteroatoms. The standard InChI is InChI=1S/C14H22N2O3/c1-4-10-5-6-12(15-10)14(19)16-11(7-9(2)3)8-13(17)18/h5-6,9,11,15H,4,7-8H2,1-3H3,(H,16,19)(H,17,18)/t11-/m1/s1. The molecule has 3 N–H and O–H groups in total. The first-order chi connectivity index (χ1) is 8.92. The molecule has 19 heavy (non-hydrogen) atoms. The predicted octanol–water partition coefficient (Wildman–Crippen LogP) is 2.20. The van der Waals surface area contributed by atoms with Crippen molar-refractivity contribution >= 4 is 11.9 Å². The van der Waals surface area contributed by atoms with Gasteiger partial charge in [-0.1, -0.05) is 20.8 Å². The summed E-state index contributed by atoms with van der Waals surface area (Å²) in [5, 5.41) is 11.6. The van der Waals surface area contributed by atoms with Gasteiger partial charge in [0.15, 0.2) is 0 Å². The molecule has 0 bridgehead atoms. The van der Waals surface area contributed by atoms with Crippen LogP contribution in [0.15, 0.2) is 12.1 Å². The van der Waals surface area contributed by atoms with Gasteiger partial charge in [-0.05, 0) is 30.9 Å². The Labute approximate surface area is 113 Å². The van der Waals surface area contributed by atoms with E-state index in [1.54, 1.807) is 6.07 Å². The summed E-state index contributed by atoms with van der Waals surface area (Å²) in [5.41, 5.74) is 1.47. The number of carboxylic acids is 1. The van der Waals surface area contributed by atoms with Crippen LogP contribution in [0.4, 0.5) is 0 Å². The average Bonchev–Trinajstić information content (AvgIpc) is 2.75. The minimum atomic E-state index is -0.897. The summed E-state index contributed by atoms with van der Waals surface area (Å²) in [6.07, 6.45) is 1.43. The van der Waals surface area contributed by atoms with Crippen molar-refractivity contribution in [2.75, 3.05) is 0 Å². The van der Waals surface area contributed by atoms with Gasteiger partial charge in [0.1, 0.15) is 5.69 Å². The third kappa shape index (κ3) is 5.16. The molecule has 5 nitrogen and oxygen atoms in total. The highest BCUT2D eigenvalue weighted by Crippen LogP contribution is 2.10. The Morgan fingerprint density at radius 3 is 2.53 bits per heavy atom. The van der Waals surface area contributed by atoms with Crippen LogP contribution in [0.5, 0.6) is 0 Å². The lowest BCUT2D eigenvalue weighted by atomic mass is 10.0. The lowest BCUT2D eigenvalue weighted by Crippen LogP contribution is -2.37. The van der Waals surface area contributed by atoms with Crippen LogP contribution in [0.2, 0.25) is 0 Å². The van der Waals surface area contributed by atoms with Crippen LogP contribution in [0.3, 0.4) is 0 Å². The Hall–Kier alpha value is -1.78. The van der Waals surface area contributed by atoms with Crippen molar-refractivity contribution in [1.82, 2.24) is 10.3 Å². The number of aryl methyl sites for hydroxylation is 1. The Bertz CT molecular complexity index is 438. The topological polar surface area (TPSA) is 82.2 Å². The number of aromatic nitrogens is 1. The van der Waals surface area contributed by atoms with Gasteiger partial charge in [-0.3, -0.25) is 9.59 Å². The van der Waals surface area contributed by atoms with Crippen molar-refractivity contribution in [2.45, 2.75) is 46.1 Å². The lowest BCUT2D eigenvalue weighted by molar-refractivity contribution is -0.137. The van der Waals surface area contributed by atoms with Crippen LogP contribution in [-0.4, -0.2) is 28.0 Å². The number of nitrogens with one attached hydrogen (secondary N) is 2. The normalized spacial score (nSPS) is 12.4. The largest absolute Gasteiger partial charge is 0.481 e. The average molecular weight is 266 g/mol. The van der Waals surface area contributed by atoms with Gasteiger partial charge in [-0.15, -0.1) is 0 Å². The number of amides is 1. The van der Waals surface area contributed by atoms with Crippen LogP contribution in [0, 0.1) is 5.92 Å². The summed E-state index contributed by atoms with van der Waals surface area (Å²) in [7, 11) is 0. The fraction of sp³-hybridized carbons (Fsp3) is 0.571. The summed E-state index contributed by atoms with van der Waals surface area (Å²) in [6, 6.07) is 3.25. The van der Waals surface area contributed by atoms with E-state index >= 15 is 0 Å². The van der Waals surface area contributed by atoms with E-state index in [2.05, 4.69) is 10.3 Å². The Balaban J connectivity index is 2.66. The van der Waals surface area contributed by atoms with Gasteiger partial charge in [0.05, 0.1) is 6.42 Å². The first-order valence-corrected chi connectivity index (χ1v) is 6.62. The molecule has 0 fully saturated rings. The molecule has 1 rings (SSSR count). The van der Waals surface area contributed by atoms with Crippen molar-refractivity contribution in [1.29, 1.82) is 0 Å². The molecule has 0 aromatic carbocycles. The smallest absolute Gasteiger partial charge is 0.305 e. The number of H-pyrrole nitrogens is 1. The molecule has 1 atom stereocenters. The van der Waals surface area contributed by atoms with Gasteiger partial charge in [0.2, 0.25) is 0 Å². The van der Waals surface area contributed by atoms with E-state index in [0.29, 0.717) is 18.0 Å². The first kappa shape index (κ1) is 15.3. The molecule has 1 aromatic rings. The highest BCUT2D eigenvalue weighted by molar-refractivity contribution is 5.93. The van der Waals surface area contributed by atoms with E-state index in [4.69, 9.17) is 5.11 Å². The SMILES string of the molecule is CCc1ccc(C(=O)N[C@@H](CC(=O)O)CC(C)C)[nH]1. The number of carbonyl (C=O) groups excluding carboxylic acids is 1. The third-order valence-corrected chi connectivity index (χ3v) is 2.88. The number of carboxylic acid groups (broad SMARTS) is 1. The molecule has 0 unspecified atom stereocenters. The van der Waals surface area contributed by atoms with Crippen molar-refractivity contribution in [3.63, 3.8) is 0 Å². The van der Waals surface area contributed by atoms with Crippen molar-refractivity contribution in [3.05, 3.63) is 23.5 Å².